The summed E-state index contributed by atoms with van der Waals surface area (Å²) in [6.07, 6.45) is 1.71. The highest BCUT2D eigenvalue weighted by atomic mass is 32.2. The van der Waals surface area contributed by atoms with Gasteiger partial charge in [0.2, 0.25) is 0 Å². The standard InChI is InChI=1S/C4H5N3S/c1-3-4(7-8-1)6-2-5-3/h2,7H,1H2,(H,5,6). The van der Waals surface area contributed by atoms with Gasteiger partial charge in [0.1, 0.15) is 0 Å². The minimum Gasteiger partial charge on any atom is -0.346 e. The maximum atomic E-state index is 4.01. The molecule has 1 aromatic heterocycles. The Balaban J connectivity index is 2.54. The lowest BCUT2D eigenvalue weighted by Gasteiger charge is -1.83. The van der Waals surface area contributed by atoms with E-state index in [1.54, 1.807) is 18.3 Å². The lowest BCUT2D eigenvalue weighted by molar-refractivity contribution is 1.24. The molecule has 0 fully saturated rings. The van der Waals surface area contributed by atoms with Gasteiger partial charge < -0.3 is 9.71 Å². The molecule has 0 spiro atoms. The highest BCUT2D eigenvalue weighted by molar-refractivity contribution is 8.00. The molecular formula is C4H5N3S. The Kier molecular flexibility index (Phi) is 0.754. The van der Waals surface area contributed by atoms with Crippen molar-refractivity contribution < 1.29 is 0 Å². The van der Waals surface area contributed by atoms with Gasteiger partial charge in [0.15, 0.2) is 5.82 Å². The van der Waals surface area contributed by atoms with Crippen molar-refractivity contribution in [2.75, 3.05) is 4.72 Å². The molecule has 2 N–H and O–H groups in total. The molecule has 0 radical (unpaired) electrons. The fourth-order valence-electron chi connectivity index (χ4n) is 0.696. The van der Waals surface area contributed by atoms with Crippen LogP contribution in [0.3, 0.4) is 0 Å². The van der Waals surface area contributed by atoms with Crippen LogP contribution < -0.4 is 4.72 Å². The van der Waals surface area contributed by atoms with E-state index >= 15 is 0 Å². The molecule has 2 rings (SSSR count). The van der Waals surface area contributed by atoms with Gasteiger partial charge in [-0.15, -0.1) is 0 Å². The molecule has 0 unspecified atom stereocenters. The molecule has 2 heterocycles. The van der Waals surface area contributed by atoms with E-state index in [9.17, 15) is 0 Å². The first kappa shape index (κ1) is 4.26. The molecule has 0 aliphatic carbocycles. The number of hydrogen-bond acceptors (Lipinski definition) is 3. The van der Waals surface area contributed by atoms with Gasteiger partial charge in [0.05, 0.1) is 17.8 Å². The number of nitrogens with zero attached hydrogens (tertiary/aromatic N) is 1. The van der Waals surface area contributed by atoms with Crippen LogP contribution in [-0.2, 0) is 5.75 Å². The maximum absolute atomic E-state index is 4.01. The zero-order chi connectivity index (χ0) is 5.40. The van der Waals surface area contributed by atoms with E-state index in [2.05, 4.69) is 14.7 Å². The van der Waals surface area contributed by atoms with Crippen LogP contribution in [0.4, 0.5) is 5.82 Å². The summed E-state index contributed by atoms with van der Waals surface area (Å²) < 4.78 is 3.05. The quantitative estimate of drug-likeness (QED) is 0.510. The van der Waals surface area contributed by atoms with E-state index in [0.717, 1.165) is 11.6 Å². The molecule has 1 aromatic rings. The van der Waals surface area contributed by atoms with Gasteiger partial charge in [-0.05, 0) is 11.9 Å². The Morgan fingerprint density at radius 2 is 2.75 bits per heavy atom. The third-order valence-corrected chi connectivity index (χ3v) is 1.87. The molecule has 3 nitrogen and oxygen atoms in total. The number of nitrogens with one attached hydrogen (secondary N) is 2. The van der Waals surface area contributed by atoms with Crippen molar-refractivity contribution in [3.05, 3.63) is 12.0 Å². The third kappa shape index (κ3) is 0.432. The van der Waals surface area contributed by atoms with E-state index in [0.29, 0.717) is 0 Å². The molecular weight excluding hydrogens is 122 g/mol. The van der Waals surface area contributed by atoms with Gasteiger partial charge in [-0.2, -0.15) is 0 Å². The fraction of sp³-hybridized carbons (Fsp3) is 0.250. The Labute approximate surface area is 51.0 Å². The fourth-order valence-corrected chi connectivity index (χ4v) is 1.44. The van der Waals surface area contributed by atoms with Gasteiger partial charge in [0.25, 0.3) is 0 Å². The summed E-state index contributed by atoms with van der Waals surface area (Å²) in [5.74, 6) is 2.00. The first-order valence-electron chi connectivity index (χ1n) is 2.37. The average molecular weight is 127 g/mol. The van der Waals surface area contributed by atoms with Crippen molar-refractivity contribution in [3.63, 3.8) is 0 Å². The molecule has 0 saturated carbocycles. The molecule has 4 heteroatoms. The van der Waals surface area contributed by atoms with Crippen LogP contribution in [0, 0.1) is 0 Å². The summed E-state index contributed by atoms with van der Waals surface area (Å²) in [5.41, 5.74) is 1.20. The number of hydrogen-bond donors (Lipinski definition) is 2. The van der Waals surface area contributed by atoms with Crippen LogP contribution in [0.2, 0.25) is 0 Å². The second kappa shape index (κ2) is 1.42. The van der Waals surface area contributed by atoms with Crippen LogP contribution in [0.1, 0.15) is 5.69 Å². The molecule has 0 saturated heterocycles. The van der Waals surface area contributed by atoms with Crippen molar-refractivity contribution >= 4 is 17.8 Å². The molecule has 0 amide bonds. The van der Waals surface area contributed by atoms with Crippen LogP contribution in [0.15, 0.2) is 6.33 Å². The molecule has 0 aromatic carbocycles. The molecule has 1 aliphatic heterocycles. The lowest BCUT2D eigenvalue weighted by Crippen LogP contribution is -1.75. The predicted molar refractivity (Wildman–Crippen MR) is 33.5 cm³/mol. The summed E-state index contributed by atoms with van der Waals surface area (Å²) in [6, 6.07) is 0. The van der Waals surface area contributed by atoms with Gasteiger partial charge in [0, 0.05) is 0 Å². The van der Waals surface area contributed by atoms with Gasteiger partial charge in [-0.1, -0.05) is 0 Å². The Morgan fingerprint density at radius 1 is 1.75 bits per heavy atom. The molecule has 42 valence electrons. The predicted octanol–water partition coefficient (Wildman–Crippen LogP) is 0.983. The van der Waals surface area contributed by atoms with Crippen molar-refractivity contribution in [3.8, 4) is 0 Å². The van der Waals surface area contributed by atoms with Gasteiger partial charge in [-0.25, -0.2) is 4.98 Å². The highest BCUT2D eigenvalue weighted by Crippen LogP contribution is 2.26. The zero-order valence-electron chi connectivity index (χ0n) is 4.14. The lowest BCUT2D eigenvalue weighted by atomic mass is 10.5. The third-order valence-electron chi connectivity index (χ3n) is 1.10. The second-order valence-corrected chi connectivity index (χ2v) is 2.40. The number of anilines is 1. The zero-order valence-corrected chi connectivity index (χ0v) is 4.96. The summed E-state index contributed by atoms with van der Waals surface area (Å²) in [4.78, 5) is 7.03. The summed E-state index contributed by atoms with van der Waals surface area (Å²) >= 11 is 1.67. The Hall–Kier alpha value is -0.640. The number of imidazole rings is 1. The van der Waals surface area contributed by atoms with Crippen LogP contribution >= 0.6 is 11.9 Å². The number of fused-ring (bicyclic) bond motifs is 1. The minimum absolute atomic E-state index is 0.995. The van der Waals surface area contributed by atoms with Crippen LogP contribution in [-0.4, -0.2) is 9.97 Å². The van der Waals surface area contributed by atoms with Crippen molar-refractivity contribution in [2.24, 2.45) is 0 Å². The van der Waals surface area contributed by atoms with E-state index < -0.39 is 0 Å². The van der Waals surface area contributed by atoms with Crippen molar-refractivity contribution in [1.82, 2.24) is 9.97 Å². The summed E-state index contributed by atoms with van der Waals surface area (Å²) in [5, 5.41) is 0. The van der Waals surface area contributed by atoms with Gasteiger partial charge in [-0.3, -0.25) is 0 Å². The molecule has 0 atom stereocenters. The van der Waals surface area contributed by atoms with E-state index in [1.165, 1.54) is 5.69 Å². The maximum Gasteiger partial charge on any atom is 0.158 e. The topological polar surface area (TPSA) is 40.7 Å². The van der Waals surface area contributed by atoms with E-state index in [-0.39, 0.29) is 0 Å². The van der Waals surface area contributed by atoms with E-state index in [1.807, 2.05) is 0 Å². The molecule has 0 bridgehead atoms. The smallest absolute Gasteiger partial charge is 0.158 e. The Morgan fingerprint density at radius 3 is 3.62 bits per heavy atom. The second-order valence-electron chi connectivity index (χ2n) is 1.62. The molecule has 8 heavy (non-hydrogen) atoms. The number of aromatic amines is 1. The highest BCUT2D eigenvalue weighted by Gasteiger charge is 2.10. The monoisotopic (exact) mass is 127 g/mol. The normalized spacial score (nSPS) is 15.5. The minimum atomic E-state index is 0.995. The van der Waals surface area contributed by atoms with E-state index in [4.69, 9.17) is 0 Å². The van der Waals surface area contributed by atoms with Crippen molar-refractivity contribution in [2.45, 2.75) is 5.75 Å². The number of rotatable bonds is 0. The van der Waals surface area contributed by atoms with Crippen LogP contribution in [0.5, 0.6) is 0 Å². The summed E-state index contributed by atoms with van der Waals surface area (Å²) in [6.45, 7) is 0. The van der Waals surface area contributed by atoms with Crippen LogP contribution in [0.25, 0.3) is 0 Å². The van der Waals surface area contributed by atoms with Gasteiger partial charge >= 0.3 is 0 Å². The number of H-pyrrole nitrogens is 1. The largest absolute Gasteiger partial charge is 0.346 e. The average Bonchev–Trinajstić information content (AvgIpc) is 2.15. The van der Waals surface area contributed by atoms with Crippen molar-refractivity contribution in [1.29, 1.82) is 0 Å². The number of aromatic nitrogens is 2. The Bertz CT molecular complexity index is 176. The first-order chi connectivity index (χ1) is 3.97. The SMILES string of the molecule is c1nc2c([nH]1)CSN2. The first-order valence-corrected chi connectivity index (χ1v) is 3.35. The molecule has 1 aliphatic rings. The summed E-state index contributed by atoms with van der Waals surface area (Å²) in [7, 11) is 0.